The van der Waals surface area contributed by atoms with E-state index in [9.17, 15) is 5.11 Å². The summed E-state index contributed by atoms with van der Waals surface area (Å²) in [6.07, 6.45) is -0.474. The van der Waals surface area contributed by atoms with Crippen molar-refractivity contribution in [3.05, 3.63) is 20.8 Å². The number of thiophene rings is 1. The second kappa shape index (κ2) is 4.31. The molecule has 0 fully saturated rings. The maximum Gasteiger partial charge on any atom is 0.0986 e. The number of hydrogen-bond donors (Lipinski definition) is 1. The molecule has 1 aromatic heterocycles. The molecule has 80 valence electrons. The van der Waals surface area contributed by atoms with Crippen LogP contribution >= 0.6 is 27.3 Å². The lowest BCUT2D eigenvalue weighted by Crippen LogP contribution is -2.43. The average Bonchev–Trinajstić information content (AvgIpc) is 2.49. The van der Waals surface area contributed by atoms with Gasteiger partial charge in [-0.05, 0) is 49.3 Å². The lowest BCUT2D eigenvalue weighted by Gasteiger charge is -2.37. The summed E-state index contributed by atoms with van der Waals surface area (Å²) in [7, 11) is 3.95. The average molecular weight is 278 g/mol. The van der Waals surface area contributed by atoms with Crippen LogP contribution in [0, 0.1) is 0 Å². The summed E-state index contributed by atoms with van der Waals surface area (Å²) in [6, 6.07) is 0. The Hall–Kier alpha value is 0.100. The molecule has 0 radical (unpaired) electrons. The SMILES string of the molecule is CN(C)C(C)(C)C(O)c1cscc1Br. The van der Waals surface area contributed by atoms with Gasteiger partial charge >= 0.3 is 0 Å². The Morgan fingerprint density at radius 3 is 2.36 bits per heavy atom. The van der Waals surface area contributed by atoms with Crippen LogP contribution in [0.2, 0.25) is 0 Å². The van der Waals surface area contributed by atoms with E-state index in [1.54, 1.807) is 11.3 Å². The van der Waals surface area contributed by atoms with Crippen molar-refractivity contribution in [2.75, 3.05) is 14.1 Å². The van der Waals surface area contributed by atoms with Gasteiger partial charge in [-0.2, -0.15) is 11.3 Å². The second-order valence-corrected chi connectivity index (χ2v) is 5.72. The Balaban J connectivity index is 2.96. The van der Waals surface area contributed by atoms with E-state index in [-0.39, 0.29) is 5.54 Å². The van der Waals surface area contributed by atoms with Crippen LogP contribution in [0.5, 0.6) is 0 Å². The van der Waals surface area contributed by atoms with Crippen molar-refractivity contribution in [1.29, 1.82) is 0 Å². The van der Waals surface area contributed by atoms with E-state index in [2.05, 4.69) is 15.9 Å². The largest absolute Gasteiger partial charge is 0.386 e. The van der Waals surface area contributed by atoms with Gasteiger partial charge in [0.1, 0.15) is 0 Å². The number of hydrogen-bond acceptors (Lipinski definition) is 3. The smallest absolute Gasteiger partial charge is 0.0986 e. The first-order valence-electron chi connectivity index (χ1n) is 4.44. The standard InChI is InChI=1S/C10H16BrNOS/c1-10(2,12(3)4)9(13)7-5-14-6-8(7)11/h5-6,9,13H,1-4H3. The van der Waals surface area contributed by atoms with Crippen molar-refractivity contribution in [3.63, 3.8) is 0 Å². The van der Waals surface area contributed by atoms with Gasteiger partial charge in [-0.15, -0.1) is 0 Å². The third-order valence-electron chi connectivity index (χ3n) is 2.76. The predicted octanol–water partition coefficient (Wildman–Crippen LogP) is 2.88. The van der Waals surface area contributed by atoms with Gasteiger partial charge in [0, 0.05) is 21.0 Å². The fraction of sp³-hybridized carbons (Fsp3) is 0.600. The molecule has 0 aromatic carbocycles. The minimum Gasteiger partial charge on any atom is -0.386 e. The molecule has 1 heterocycles. The third kappa shape index (κ3) is 2.19. The van der Waals surface area contributed by atoms with Crippen molar-refractivity contribution in [3.8, 4) is 0 Å². The Morgan fingerprint density at radius 2 is 2.00 bits per heavy atom. The van der Waals surface area contributed by atoms with E-state index in [0.717, 1.165) is 10.0 Å². The summed E-state index contributed by atoms with van der Waals surface area (Å²) in [5.74, 6) is 0. The normalized spacial score (nSPS) is 14.8. The van der Waals surface area contributed by atoms with Gasteiger partial charge in [0.05, 0.1) is 6.10 Å². The zero-order valence-electron chi connectivity index (χ0n) is 8.91. The van der Waals surface area contributed by atoms with Crippen molar-refractivity contribution < 1.29 is 5.11 Å². The van der Waals surface area contributed by atoms with Crippen molar-refractivity contribution in [2.45, 2.75) is 25.5 Å². The highest BCUT2D eigenvalue weighted by molar-refractivity contribution is 9.10. The molecule has 4 heteroatoms. The van der Waals surface area contributed by atoms with Crippen LogP contribution in [0.15, 0.2) is 15.2 Å². The van der Waals surface area contributed by atoms with Crippen LogP contribution < -0.4 is 0 Å². The molecule has 1 rings (SSSR count). The van der Waals surface area contributed by atoms with Crippen molar-refractivity contribution in [2.24, 2.45) is 0 Å². The van der Waals surface area contributed by atoms with Crippen LogP contribution in [0.3, 0.4) is 0 Å². The topological polar surface area (TPSA) is 23.5 Å². The van der Waals surface area contributed by atoms with Gasteiger partial charge in [-0.25, -0.2) is 0 Å². The van der Waals surface area contributed by atoms with E-state index in [0.29, 0.717) is 0 Å². The van der Waals surface area contributed by atoms with Crippen LogP contribution in [0.25, 0.3) is 0 Å². The van der Waals surface area contributed by atoms with E-state index in [1.807, 2.05) is 43.6 Å². The Bertz CT molecular complexity index is 309. The highest BCUT2D eigenvalue weighted by atomic mass is 79.9. The van der Waals surface area contributed by atoms with Gasteiger partial charge < -0.3 is 10.0 Å². The first kappa shape index (κ1) is 12.2. The molecular formula is C10H16BrNOS. The first-order valence-corrected chi connectivity index (χ1v) is 6.18. The van der Waals surface area contributed by atoms with E-state index >= 15 is 0 Å². The first-order chi connectivity index (χ1) is 6.37. The number of halogens is 1. The van der Waals surface area contributed by atoms with Gasteiger partial charge in [0.25, 0.3) is 0 Å². The number of aliphatic hydroxyl groups is 1. The summed E-state index contributed by atoms with van der Waals surface area (Å²) in [4.78, 5) is 2.03. The Morgan fingerprint density at radius 1 is 1.43 bits per heavy atom. The van der Waals surface area contributed by atoms with Crippen LogP contribution in [-0.2, 0) is 0 Å². The molecule has 0 aliphatic rings. The summed E-state index contributed by atoms with van der Waals surface area (Å²) >= 11 is 5.04. The van der Waals surface area contributed by atoms with E-state index < -0.39 is 6.10 Å². The monoisotopic (exact) mass is 277 g/mol. The number of aliphatic hydroxyl groups excluding tert-OH is 1. The molecule has 1 unspecified atom stereocenters. The molecule has 0 spiro atoms. The maximum atomic E-state index is 10.2. The fourth-order valence-corrected chi connectivity index (χ4v) is 2.64. The minimum absolute atomic E-state index is 0.260. The summed E-state index contributed by atoms with van der Waals surface area (Å²) in [5.41, 5.74) is 0.706. The highest BCUT2D eigenvalue weighted by Crippen LogP contribution is 2.35. The minimum atomic E-state index is -0.474. The van der Waals surface area contributed by atoms with E-state index in [4.69, 9.17) is 0 Å². The fourth-order valence-electron chi connectivity index (χ4n) is 1.11. The molecule has 2 nitrogen and oxygen atoms in total. The second-order valence-electron chi connectivity index (χ2n) is 4.13. The summed E-state index contributed by atoms with van der Waals surface area (Å²) in [6.45, 7) is 4.06. The molecule has 0 aliphatic carbocycles. The lowest BCUT2D eigenvalue weighted by atomic mass is 9.92. The van der Waals surface area contributed by atoms with Gasteiger partial charge in [-0.3, -0.25) is 0 Å². The zero-order chi connectivity index (χ0) is 10.9. The third-order valence-corrected chi connectivity index (χ3v) is 4.51. The molecule has 1 atom stereocenters. The molecule has 1 N–H and O–H groups in total. The molecule has 0 saturated carbocycles. The van der Waals surface area contributed by atoms with Crippen molar-refractivity contribution in [1.82, 2.24) is 4.90 Å². The van der Waals surface area contributed by atoms with Crippen LogP contribution in [-0.4, -0.2) is 29.6 Å². The molecule has 0 saturated heterocycles. The van der Waals surface area contributed by atoms with Crippen LogP contribution in [0.1, 0.15) is 25.5 Å². The molecule has 14 heavy (non-hydrogen) atoms. The van der Waals surface area contributed by atoms with Crippen molar-refractivity contribution >= 4 is 27.3 Å². The zero-order valence-corrected chi connectivity index (χ0v) is 11.3. The van der Waals surface area contributed by atoms with Gasteiger partial charge in [-0.1, -0.05) is 0 Å². The molecule has 0 aliphatic heterocycles. The Labute approximate surface area is 97.7 Å². The predicted molar refractivity (Wildman–Crippen MR) is 64.7 cm³/mol. The summed E-state index contributed by atoms with van der Waals surface area (Å²) < 4.78 is 0.991. The quantitative estimate of drug-likeness (QED) is 0.919. The van der Waals surface area contributed by atoms with Gasteiger partial charge in [0.2, 0.25) is 0 Å². The number of rotatable bonds is 3. The van der Waals surface area contributed by atoms with Gasteiger partial charge in [0.15, 0.2) is 0 Å². The molecule has 1 aromatic rings. The van der Waals surface area contributed by atoms with E-state index in [1.165, 1.54) is 0 Å². The Kier molecular flexibility index (Phi) is 3.75. The number of likely N-dealkylation sites (N-methyl/N-ethyl adjacent to an activating group) is 1. The highest BCUT2D eigenvalue weighted by Gasteiger charge is 2.32. The molecular weight excluding hydrogens is 262 g/mol. The summed E-state index contributed by atoms with van der Waals surface area (Å²) in [5, 5.41) is 14.2. The number of nitrogens with zero attached hydrogens (tertiary/aromatic N) is 1. The molecule has 0 bridgehead atoms. The maximum absolute atomic E-state index is 10.2. The molecule has 0 amide bonds. The van der Waals surface area contributed by atoms with Crippen LogP contribution in [0.4, 0.5) is 0 Å². The lowest BCUT2D eigenvalue weighted by molar-refractivity contribution is 0.0162.